The molecule has 0 aliphatic carbocycles. The predicted molar refractivity (Wildman–Crippen MR) is 239 cm³/mol. The molecule has 6 aliphatic heterocycles. The number of hydrogen-bond acceptors (Lipinski definition) is 8. The minimum absolute atomic E-state index is 0.00519. The van der Waals surface area contributed by atoms with Crippen LogP contribution in [0.15, 0.2) is 94.5 Å². The van der Waals surface area contributed by atoms with Crippen molar-refractivity contribution in [1.29, 1.82) is 0 Å². The van der Waals surface area contributed by atoms with Gasteiger partial charge in [-0.2, -0.15) is 0 Å². The standard InChI is InChI=1S/2C25H29N3O3/c2*1-3-6-17-9-10-21-22-19(14-28(21)24(17)30)20(15-29)23(26(22)2)25(31)27-12-11-16-7-4-5-8-18(16)13-27/h2*3-10,19-20,22-23,29H,11-15H2,1-2H3/b6-3+;6-3-/t2*19-,20-,22+,23-/m00/s1. The van der Waals surface area contributed by atoms with E-state index in [0.717, 1.165) is 24.2 Å². The molecule has 2 aromatic carbocycles. The van der Waals surface area contributed by atoms with E-state index in [0.29, 0.717) is 50.4 Å². The summed E-state index contributed by atoms with van der Waals surface area (Å²) in [7, 11) is 3.93. The highest BCUT2D eigenvalue weighted by atomic mass is 16.3. The zero-order valence-electron chi connectivity index (χ0n) is 36.1. The van der Waals surface area contributed by atoms with Crippen LogP contribution in [0.3, 0.4) is 0 Å². The number of carbonyl (C=O) groups excluding carboxylic acids is 2. The van der Waals surface area contributed by atoms with Gasteiger partial charge in [-0.15, -0.1) is 0 Å². The quantitative estimate of drug-likeness (QED) is 0.297. The van der Waals surface area contributed by atoms with Crippen molar-refractivity contribution in [1.82, 2.24) is 28.7 Å². The molecule has 2 aromatic heterocycles. The molecule has 2 saturated heterocycles. The molecule has 0 saturated carbocycles. The maximum absolute atomic E-state index is 13.6. The van der Waals surface area contributed by atoms with Crippen LogP contribution < -0.4 is 11.1 Å². The summed E-state index contributed by atoms with van der Waals surface area (Å²) in [5.74, 6) is -0.104. The number of likely N-dealkylation sites (tertiary alicyclic amines) is 2. The van der Waals surface area contributed by atoms with Gasteiger partial charge in [-0.1, -0.05) is 72.8 Å². The molecule has 2 fully saturated rings. The van der Waals surface area contributed by atoms with Gasteiger partial charge in [0.05, 0.1) is 24.2 Å². The maximum Gasteiger partial charge on any atom is 0.258 e. The van der Waals surface area contributed by atoms with Gasteiger partial charge in [0.2, 0.25) is 11.8 Å². The van der Waals surface area contributed by atoms with Crippen LogP contribution in [0.1, 0.15) is 70.7 Å². The van der Waals surface area contributed by atoms with Gasteiger partial charge < -0.3 is 29.1 Å². The van der Waals surface area contributed by atoms with Crippen molar-refractivity contribution >= 4 is 24.0 Å². The van der Waals surface area contributed by atoms with Crippen LogP contribution in [0.5, 0.6) is 0 Å². The summed E-state index contributed by atoms with van der Waals surface area (Å²) in [5.41, 5.74) is 8.29. The Morgan fingerprint density at radius 2 is 0.984 bits per heavy atom. The molecule has 12 heteroatoms. The summed E-state index contributed by atoms with van der Waals surface area (Å²) in [4.78, 5) is 61.2. The van der Waals surface area contributed by atoms with E-state index < -0.39 is 0 Å². The lowest BCUT2D eigenvalue weighted by Crippen LogP contribution is -2.50. The van der Waals surface area contributed by atoms with Gasteiger partial charge >= 0.3 is 0 Å². The molecule has 12 nitrogen and oxygen atoms in total. The summed E-state index contributed by atoms with van der Waals surface area (Å²) in [5, 5.41) is 20.6. The monoisotopic (exact) mass is 838 g/mol. The van der Waals surface area contributed by atoms with E-state index >= 15 is 0 Å². The maximum atomic E-state index is 13.6. The summed E-state index contributed by atoms with van der Waals surface area (Å²) in [6.45, 7) is 7.43. The number of aromatic nitrogens is 2. The smallest absolute Gasteiger partial charge is 0.258 e. The lowest BCUT2D eigenvalue weighted by atomic mass is 9.87. The van der Waals surface area contributed by atoms with Gasteiger partial charge in [0.1, 0.15) is 0 Å². The van der Waals surface area contributed by atoms with Crippen molar-refractivity contribution in [2.75, 3.05) is 40.4 Å². The molecule has 2 N–H and O–H groups in total. The largest absolute Gasteiger partial charge is 0.396 e. The van der Waals surface area contributed by atoms with Crippen molar-refractivity contribution in [3.63, 3.8) is 0 Å². The van der Waals surface area contributed by atoms with E-state index in [1.165, 1.54) is 22.3 Å². The fourth-order valence-corrected chi connectivity index (χ4v) is 11.9. The fraction of sp³-hybridized carbons (Fsp3) is 0.440. The van der Waals surface area contributed by atoms with E-state index in [-0.39, 0.29) is 84.0 Å². The second-order valence-electron chi connectivity index (χ2n) is 17.9. The number of likely N-dealkylation sites (N-methyl/N-ethyl adjacent to an activating group) is 2. The van der Waals surface area contributed by atoms with Crippen molar-refractivity contribution in [2.24, 2.45) is 23.7 Å². The Morgan fingerprint density at radius 3 is 1.35 bits per heavy atom. The molecule has 10 rings (SSSR count). The van der Waals surface area contributed by atoms with Crippen LogP contribution in [-0.4, -0.2) is 103 Å². The number of carbonyl (C=O) groups is 2. The van der Waals surface area contributed by atoms with Crippen LogP contribution in [0, 0.1) is 23.7 Å². The van der Waals surface area contributed by atoms with Gasteiger partial charge in [-0.05, 0) is 87.3 Å². The van der Waals surface area contributed by atoms with E-state index in [1.54, 1.807) is 0 Å². The second kappa shape index (κ2) is 17.0. The number of rotatable bonds is 6. The SMILES string of the molecule is C/C=C/c1ccc2n(c1=O)C[C@H]1[C@H](CO)[C@@H](C(=O)N3CCc4ccccc4C3)N(C)[C@@H]21.C/C=C\c1ccc2n(c1=O)C[C@H]1[C@H](CO)[C@@H](C(=O)N3CCc4ccccc4C3)N(C)[C@@H]21. The third-order valence-electron chi connectivity index (χ3n) is 14.8. The summed E-state index contributed by atoms with van der Waals surface area (Å²) < 4.78 is 3.67. The van der Waals surface area contributed by atoms with Crippen LogP contribution >= 0.6 is 0 Å². The second-order valence-corrected chi connectivity index (χ2v) is 17.9. The summed E-state index contributed by atoms with van der Waals surface area (Å²) in [6.07, 6.45) is 9.12. The van der Waals surface area contributed by atoms with E-state index in [1.807, 2.05) is 120 Å². The molecule has 0 unspecified atom stereocenters. The Bertz CT molecular complexity index is 2390. The third kappa shape index (κ3) is 6.92. The van der Waals surface area contributed by atoms with Crippen LogP contribution in [0.2, 0.25) is 0 Å². The summed E-state index contributed by atoms with van der Waals surface area (Å²) in [6, 6.07) is 23.5. The molecule has 0 spiro atoms. The number of allylic oxidation sites excluding steroid dienone is 2. The van der Waals surface area contributed by atoms with Gasteiger partial charge in [0, 0.05) is 98.7 Å². The van der Waals surface area contributed by atoms with Gasteiger partial charge in [0.25, 0.3) is 11.1 Å². The zero-order valence-corrected chi connectivity index (χ0v) is 36.1. The first-order valence-corrected chi connectivity index (χ1v) is 22.2. The van der Waals surface area contributed by atoms with E-state index in [2.05, 4.69) is 34.1 Å². The molecule has 8 atom stereocenters. The number of pyridine rings is 2. The van der Waals surface area contributed by atoms with Crippen molar-refractivity contribution in [3.8, 4) is 0 Å². The first kappa shape index (κ1) is 41.9. The molecule has 8 heterocycles. The predicted octanol–water partition coefficient (Wildman–Crippen LogP) is 4.12. The van der Waals surface area contributed by atoms with Crippen molar-refractivity contribution in [3.05, 3.63) is 150 Å². The number of fused-ring (bicyclic) bond motifs is 8. The third-order valence-corrected chi connectivity index (χ3v) is 14.8. The molecule has 0 radical (unpaired) electrons. The van der Waals surface area contributed by atoms with Gasteiger partial charge in [-0.3, -0.25) is 29.0 Å². The van der Waals surface area contributed by atoms with Crippen molar-refractivity contribution in [2.45, 2.75) is 77.0 Å². The van der Waals surface area contributed by atoms with Crippen LogP contribution in [0.25, 0.3) is 12.2 Å². The summed E-state index contributed by atoms with van der Waals surface area (Å²) >= 11 is 0. The van der Waals surface area contributed by atoms with Gasteiger partial charge in [-0.25, -0.2) is 0 Å². The molecule has 2 amide bonds. The molecular formula is C50H58N6O6. The topological polar surface area (TPSA) is 132 Å². The Labute approximate surface area is 363 Å². The lowest BCUT2D eigenvalue weighted by Gasteiger charge is -2.35. The number of aliphatic hydroxyl groups excluding tert-OH is 2. The highest BCUT2D eigenvalue weighted by molar-refractivity contribution is 5.84. The Balaban J connectivity index is 0.000000158. The van der Waals surface area contributed by atoms with E-state index in [9.17, 15) is 29.4 Å². The highest BCUT2D eigenvalue weighted by Crippen LogP contribution is 2.50. The first-order chi connectivity index (χ1) is 30.1. The van der Waals surface area contributed by atoms with Crippen LogP contribution in [-0.2, 0) is 48.6 Å². The number of nitrogens with zero attached hydrogens (tertiary/aromatic N) is 6. The average molecular weight is 839 g/mol. The zero-order chi connectivity index (χ0) is 43.4. The molecular weight excluding hydrogens is 781 g/mol. The lowest BCUT2D eigenvalue weighted by molar-refractivity contribution is -0.139. The highest BCUT2D eigenvalue weighted by Gasteiger charge is 2.56. The molecule has 6 aliphatic rings. The minimum Gasteiger partial charge on any atom is -0.396 e. The average Bonchev–Trinajstić information content (AvgIpc) is 4.02. The van der Waals surface area contributed by atoms with Gasteiger partial charge in [0.15, 0.2) is 0 Å². The minimum atomic E-state index is -0.371. The Kier molecular flexibility index (Phi) is 11.5. The van der Waals surface area contributed by atoms with Crippen LogP contribution in [0.4, 0.5) is 0 Å². The first-order valence-electron chi connectivity index (χ1n) is 22.2. The normalized spacial score (nSPS) is 27.4. The molecule has 0 bridgehead atoms. The van der Waals surface area contributed by atoms with Crippen molar-refractivity contribution < 1.29 is 19.8 Å². The molecule has 324 valence electrons. The number of benzene rings is 2. The Hall–Kier alpha value is -5.40. The number of hydrogen-bond donors (Lipinski definition) is 2. The number of amides is 2. The Morgan fingerprint density at radius 1 is 0.597 bits per heavy atom. The molecule has 4 aromatic rings. The fourth-order valence-electron chi connectivity index (χ4n) is 11.9. The molecule has 62 heavy (non-hydrogen) atoms. The number of aliphatic hydroxyl groups is 2. The van der Waals surface area contributed by atoms with E-state index in [4.69, 9.17) is 0 Å².